The van der Waals surface area contributed by atoms with Crippen LogP contribution < -0.4 is 5.32 Å². The summed E-state index contributed by atoms with van der Waals surface area (Å²) in [5.74, 6) is 0.724. The Bertz CT molecular complexity index is 568. The molecule has 0 saturated heterocycles. The maximum Gasteiger partial charge on any atom is 0.222 e. The first-order chi connectivity index (χ1) is 9.85. The summed E-state index contributed by atoms with van der Waals surface area (Å²) < 4.78 is 0. The molecule has 2 heterocycles. The van der Waals surface area contributed by atoms with Crippen LogP contribution in [0, 0.1) is 0 Å². The summed E-state index contributed by atoms with van der Waals surface area (Å²) in [5, 5.41) is 3.00. The van der Waals surface area contributed by atoms with Crippen molar-refractivity contribution in [2.75, 3.05) is 25.5 Å². The van der Waals surface area contributed by atoms with E-state index in [-0.39, 0.29) is 0 Å². The zero-order valence-corrected chi connectivity index (χ0v) is 11.8. The van der Waals surface area contributed by atoms with Gasteiger partial charge >= 0.3 is 0 Å². The van der Waals surface area contributed by atoms with Crippen LogP contribution in [0.25, 0.3) is 0 Å². The second-order valence-corrected chi connectivity index (χ2v) is 5.18. The summed E-state index contributed by atoms with van der Waals surface area (Å²) in [6.45, 7) is 3.14. The summed E-state index contributed by atoms with van der Waals surface area (Å²) in [6.07, 6.45) is 4.08. The summed E-state index contributed by atoms with van der Waals surface area (Å²) in [5.41, 5.74) is 3.86. The minimum Gasteiger partial charge on any atom is -0.357 e. The quantitative estimate of drug-likeness (QED) is 0.922. The molecule has 1 aliphatic heterocycles. The molecular formula is C16H20N4. The first-order valence-electron chi connectivity index (χ1n) is 7.14. The summed E-state index contributed by atoms with van der Waals surface area (Å²) in [6, 6.07) is 10.7. The Kier molecular flexibility index (Phi) is 3.92. The van der Waals surface area contributed by atoms with E-state index in [0.717, 1.165) is 38.4 Å². The molecule has 4 heteroatoms. The molecule has 3 rings (SSSR count). The highest BCUT2D eigenvalue weighted by Gasteiger charge is 2.17. The lowest BCUT2D eigenvalue weighted by molar-refractivity contribution is 0.254. The Morgan fingerprint density at radius 2 is 2.10 bits per heavy atom. The van der Waals surface area contributed by atoms with Gasteiger partial charge in [0.2, 0.25) is 5.95 Å². The van der Waals surface area contributed by atoms with Crippen molar-refractivity contribution in [3.05, 3.63) is 53.3 Å². The lowest BCUT2D eigenvalue weighted by atomic mass is 10.1. The zero-order chi connectivity index (χ0) is 13.8. The molecule has 104 valence electrons. The number of hydrogen-bond acceptors (Lipinski definition) is 4. The van der Waals surface area contributed by atoms with Crippen LogP contribution in [0.3, 0.4) is 0 Å². The maximum atomic E-state index is 4.54. The zero-order valence-electron chi connectivity index (χ0n) is 11.8. The van der Waals surface area contributed by atoms with Gasteiger partial charge in [-0.2, -0.15) is 0 Å². The van der Waals surface area contributed by atoms with Crippen LogP contribution in [0.15, 0.2) is 36.5 Å². The third-order valence-electron chi connectivity index (χ3n) is 3.80. The van der Waals surface area contributed by atoms with E-state index < -0.39 is 0 Å². The molecule has 0 aliphatic carbocycles. The fraction of sp³-hybridized carbons (Fsp3) is 0.375. The second kappa shape index (κ2) is 6.01. The normalized spacial score (nSPS) is 14.8. The molecule has 0 radical (unpaired) electrons. The van der Waals surface area contributed by atoms with Crippen LogP contribution in [0.2, 0.25) is 0 Å². The van der Waals surface area contributed by atoms with E-state index in [1.807, 2.05) is 13.2 Å². The fourth-order valence-electron chi connectivity index (χ4n) is 2.62. The third kappa shape index (κ3) is 2.96. The van der Waals surface area contributed by atoms with Crippen LogP contribution in [0.4, 0.5) is 5.95 Å². The van der Waals surface area contributed by atoms with Crippen LogP contribution >= 0.6 is 0 Å². The van der Waals surface area contributed by atoms with Gasteiger partial charge in [-0.25, -0.2) is 9.97 Å². The van der Waals surface area contributed by atoms with E-state index in [2.05, 4.69) is 50.5 Å². The lowest BCUT2D eigenvalue weighted by Crippen LogP contribution is -2.33. The van der Waals surface area contributed by atoms with Crippen molar-refractivity contribution in [2.45, 2.75) is 19.4 Å². The van der Waals surface area contributed by atoms with Gasteiger partial charge in [0.25, 0.3) is 0 Å². The number of aromatic nitrogens is 2. The van der Waals surface area contributed by atoms with Crippen molar-refractivity contribution >= 4 is 5.95 Å². The Balaban J connectivity index is 1.61. The van der Waals surface area contributed by atoms with Crippen molar-refractivity contribution < 1.29 is 0 Å². The molecule has 0 amide bonds. The van der Waals surface area contributed by atoms with Gasteiger partial charge in [-0.1, -0.05) is 30.3 Å². The van der Waals surface area contributed by atoms with E-state index in [4.69, 9.17) is 0 Å². The third-order valence-corrected chi connectivity index (χ3v) is 3.80. The molecule has 0 bridgehead atoms. The Hall–Kier alpha value is -1.94. The Morgan fingerprint density at radius 1 is 1.25 bits per heavy atom. The van der Waals surface area contributed by atoms with Gasteiger partial charge < -0.3 is 5.32 Å². The minimum absolute atomic E-state index is 0.724. The van der Waals surface area contributed by atoms with Crippen LogP contribution in [-0.4, -0.2) is 35.0 Å². The van der Waals surface area contributed by atoms with E-state index in [1.165, 1.54) is 16.8 Å². The molecule has 1 aromatic heterocycles. The van der Waals surface area contributed by atoms with E-state index >= 15 is 0 Å². The van der Waals surface area contributed by atoms with Gasteiger partial charge in [0, 0.05) is 44.9 Å². The highest BCUT2D eigenvalue weighted by atomic mass is 15.1. The van der Waals surface area contributed by atoms with Gasteiger partial charge in [0.15, 0.2) is 0 Å². The number of hydrogen-bond donors (Lipinski definition) is 1. The molecule has 1 aromatic carbocycles. The van der Waals surface area contributed by atoms with Gasteiger partial charge in [-0.05, 0) is 12.0 Å². The number of nitrogens with one attached hydrogen (secondary N) is 1. The van der Waals surface area contributed by atoms with Gasteiger partial charge in [-0.3, -0.25) is 4.90 Å². The monoisotopic (exact) mass is 268 g/mol. The average molecular weight is 268 g/mol. The number of nitrogens with zero attached hydrogens (tertiary/aromatic N) is 3. The summed E-state index contributed by atoms with van der Waals surface area (Å²) in [4.78, 5) is 11.3. The number of fused-ring (bicyclic) bond motifs is 1. The standard InChI is InChI=1S/C16H20N4/c1-17-16-18-11-14-12-20(10-8-15(14)19-16)9-7-13-5-3-2-4-6-13/h2-6,11H,7-10,12H2,1H3,(H,17,18,19). The first kappa shape index (κ1) is 13.1. The average Bonchev–Trinajstić information content (AvgIpc) is 2.53. The van der Waals surface area contributed by atoms with Crippen molar-refractivity contribution in [2.24, 2.45) is 0 Å². The molecule has 1 N–H and O–H groups in total. The smallest absolute Gasteiger partial charge is 0.222 e. The molecular weight excluding hydrogens is 248 g/mol. The number of benzene rings is 1. The van der Waals surface area contributed by atoms with Crippen molar-refractivity contribution in [1.82, 2.24) is 14.9 Å². The van der Waals surface area contributed by atoms with Crippen molar-refractivity contribution in [1.29, 1.82) is 0 Å². The molecule has 0 unspecified atom stereocenters. The predicted octanol–water partition coefficient (Wildman–Crippen LogP) is 2.12. The molecule has 4 nitrogen and oxygen atoms in total. The summed E-state index contributed by atoms with van der Waals surface area (Å²) >= 11 is 0. The van der Waals surface area contributed by atoms with Gasteiger partial charge in [-0.15, -0.1) is 0 Å². The Labute approximate surface area is 119 Å². The number of rotatable bonds is 4. The maximum absolute atomic E-state index is 4.54. The van der Waals surface area contributed by atoms with Crippen LogP contribution in [-0.2, 0) is 19.4 Å². The highest BCUT2D eigenvalue weighted by Crippen LogP contribution is 2.17. The van der Waals surface area contributed by atoms with E-state index in [1.54, 1.807) is 0 Å². The van der Waals surface area contributed by atoms with Crippen molar-refractivity contribution in [3.63, 3.8) is 0 Å². The first-order valence-corrected chi connectivity index (χ1v) is 7.14. The van der Waals surface area contributed by atoms with Gasteiger partial charge in [0.05, 0.1) is 5.69 Å². The topological polar surface area (TPSA) is 41.1 Å². The largest absolute Gasteiger partial charge is 0.357 e. The molecule has 2 aromatic rings. The Morgan fingerprint density at radius 3 is 2.90 bits per heavy atom. The van der Waals surface area contributed by atoms with E-state index in [0.29, 0.717) is 0 Å². The predicted molar refractivity (Wildman–Crippen MR) is 80.7 cm³/mol. The van der Waals surface area contributed by atoms with E-state index in [9.17, 15) is 0 Å². The SMILES string of the molecule is CNc1ncc2c(n1)CCN(CCc1ccccc1)C2. The van der Waals surface area contributed by atoms with Crippen LogP contribution in [0.1, 0.15) is 16.8 Å². The van der Waals surface area contributed by atoms with Crippen molar-refractivity contribution in [3.8, 4) is 0 Å². The molecule has 0 saturated carbocycles. The van der Waals surface area contributed by atoms with Crippen LogP contribution in [0.5, 0.6) is 0 Å². The highest BCUT2D eigenvalue weighted by molar-refractivity contribution is 5.30. The lowest BCUT2D eigenvalue weighted by Gasteiger charge is -2.27. The summed E-state index contributed by atoms with van der Waals surface area (Å²) in [7, 11) is 1.86. The molecule has 20 heavy (non-hydrogen) atoms. The fourth-order valence-corrected chi connectivity index (χ4v) is 2.62. The van der Waals surface area contributed by atoms with Gasteiger partial charge in [0.1, 0.15) is 0 Å². The molecule has 0 spiro atoms. The molecule has 1 aliphatic rings. The molecule has 0 fully saturated rings. The molecule has 0 atom stereocenters. The second-order valence-electron chi connectivity index (χ2n) is 5.18. The minimum atomic E-state index is 0.724. The number of anilines is 1.